The summed E-state index contributed by atoms with van der Waals surface area (Å²) in [6.45, 7) is 0. The van der Waals surface area contributed by atoms with E-state index in [1.54, 1.807) is 0 Å². The van der Waals surface area contributed by atoms with Crippen molar-refractivity contribution < 1.29 is 19.7 Å². The number of benzene rings is 1. The van der Waals surface area contributed by atoms with Crippen molar-refractivity contribution in [3.05, 3.63) is 35.9 Å². The van der Waals surface area contributed by atoms with E-state index >= 15 is 0 Å². The van der Waals surface area contributed by atoms with Crippen molar-refractivity contribution in [2.75, 3.05) is 7.11 Å². The average molecular weight is 280 g/mol. The summed E-state index contributed by atoms with van der Waals surface area (Å²) >= 11 is 0. The maximum atomic E-state index is 10.8. The van der Waals surface area contributed by atoms with E-state index in [0.29, 0.717) is 19.3 Å². The Kier molecular flexibility index (Phi) is 7.26. The number of carbonyl (C=O) groups is 1. The van der Waals surface area contributed by atoms with Gasteiger partial charge in [0.1, 0.15) is 0 Å². The number of methoxy groups -OCH3 is 1. The summed E-state index contributed by atoms with van der Waals surface area (Å²) in [4.78, 5) is 10.8. The minimum Gasteiger partial charge on any atom is -0.469 e. The fourth-order valence-corrected chi connectivity index (χ4v) is 2.11. The van der Waals surface area contributed by atoms with Crippen LogP contribution in [0.1, 0.15) is 44.1 Å². The number of hydrogen-bond donors (Lipinski definition) is 2. The number of rotatable bonds is 3. The first-order valence-corrected chi connectivity index (χ1v) is 7.09. The summed E-state index contributed by atoms with van der Waals surface area (Å²) < 4.78 is 4.53. The topological polar surface area (TPSA) is 66.8 Å². The molecular weight excluding hydrogens is 256 g/mol. The highest BCUT2D eigenvalue weighted by molar-refractivity contribution is 5.69. The molecule has 1 aliphatic rings. The molecule has 2 rings (SSSR count). The molecule has 0 unspecified atom stereocenters. The zero-order chi connectivity index (χ0) is 14.8. The van der Waals surface area contributed by atoms with Crippen LogP contribution in [0.3, 0.4) is 0 Å². The predicted molar refractivity (Wildman–Crippen MR) is 77.0 cm³/mol. The smallest absolute Gasteiger partial charge is 0.305 e. The van der Waals surface area contributed by atoms with Crippen molar-refractivity contribution in [3.8, 4) is 0 Å². The van der Waals surface area contributed by atoms with Gasteiger partial charge in [0.05, 0.1) is 7.11 Å². The van der Waals surface area contributed by atoms with E-state index in [0.717, 1.165) is 25.7 Å². The van der Waals surface area contributed by atoms with Crippen LogP contribution in [-0.2, 0) is 16.0 Å². The molecule has 20 heavy (non-hydrogen) atoms. The number of aliphatic hydroxyl groups is 2. The van der Waals surface area contributed by atoms with Gasteiger partial charge in [-0.2, -0.15) is 0 Å². The number of esters is 1. The van der Waals surface area contributed by atoms with Crippen molar-refractivity contribution in [2.45, 2.75) is 50.7 Å². The first kappa shape index (κ1) is 16.7. The first-order valence-electron chi connectivity index (χ1n) is 7.09. The lowest BCUT2D eigenvalue weighted by molar-refractivity contribution is -0.180. The second-order valence-corrected chi connectivity index (χ2v) is 5.10. The number of carbonyl (C=O) groups excluding carboxylic acids is 1. The third kappa shape index (κ3) is 7.26. The van der Waals surface area contributed by atoms with Crippen LogP contribution in [0.15, 0.2) is 30.3 Å². The zero-order valence-corrected chi connectivity index (χ0v) is 12.0. The third-order valence-corrected chi connectivity index (χ3v) is 3.34. The normalized spacial score (nSPS) is 16.8. The molecule has 4 nitrogen and oxygen atoms in total. The maximum Gasteiger partial charge on any atom is 0.305 e. The van der Waals surface area contributed by atoms with Crippen LogP contribution in [0.4, 0.5) is 0 Å². The molecule has 0 aliphatic heterocycles. The lowest BCUT2D eigenvalue weighted by Gasteiger charge is -2.25. The Hall–Kier alpha value is -1.39. The van der Waals surface area contributed by atoms with Crippen LogP contribution in [0.5, 0.6) is 0 Å². The van der Waals surface area contributed by atoms with Crippen molar-refractivity contribution in [1.82, 2.24) is 0 Å². The predicted octanol–water partition coefficient (Wildman–Crippen LogP) is 2.42. The zero-order valence-electron chi connectivity index (χ0n) is 12.0. The molecule has 0 bridgehead atoms. The highest BCUT2D eigenvalue weighted by Crippen LogP contribution is 2.24. The van der Waals surface area contributed by atoms with Gasteiger partial charge in [-0.1, -0.05) is 36.8 Å². The van der Waals surface area contributed by atoms with Gasteiger partial charge >= 0.3 is 5.97 Å². The van der Waals surface area contributed by atoms with Crippen LogP contribution in [0.2, 0.25) is 0 Å². The van der Waals surface area contributed by atoms with E-state index in [1.807, 2.05) is 30.3 Å². The average Bonchev–Trinajstić information content (AvgIpc) is 2.46. The Bertz CT molecular complexity index is 379. The molecule has 0 radical (unpaired) electrons. The van der Waals surface area contributed by atoms with Gasteiger partial charge in [0.2, 0.25) is 0 Å². The quantitative estimate of drug-likeness (QED) is 0.659. The Morgan fingerprint density at radius 1 is 1.15 bits per heavy atom. The molecule has 0 atom stereocenters. The second-order valence-electron chi connectivity index (χ2n) is 5.10. The Labute approximate surface area is 120 Å². The van der Waals surface area contributed by atoms with Crippen molar-refractivity contribution in [3.63, 3.8) is 0 Å². The van der Waals surface area contributed by atoms with E-state index < -0.39 is 5.79 Å². The van der Waals surface area contributed by atoms with Gasteiger partial charge in [-0.3, -0.25) is 4.79 Å². The SMILES string of the molecule is COC(=O)CCc1ccccc1.OC1(O)CCCCC1. The van der Waals surface area contributed by atoms with Gasteiger partial charge in [-0.25, -0.2) is 0 Å². The van der Waals surface area contributed by atoms with Gasteiger partial charge in [0.25, 0.3) is 0 Å². The van der Waals surface area contributed by atoms with Crippen molar-refractivity contribution >= 4 is 5.97 Å². The van der Waals surface area contributed by atoms with Crippen molar-refractivity contribution in [2.24, 2.45) is 0 Å². The van der Waals surface area contributed by atoms with E-state index in [9.17, 15) is 4.79 Å². The summed E-state index contributed by atoms with van der Waals surface area (Å²) in [6.07, 6.45) is 5.43. The molecule has 0 aromatic heterocycles. The molecule has 1 aromatic rings. The van der Waals surface area contributed by atoms with E-state index in [4.69, 9.17) is 10.2 Å². The van der Waals surface area contributed by atoms with E-state index in [-0.39, 0.29) is 5.97 Å². The molecule has 0 saturated heterocycles. The standard InChI is InChI=1S/C10H12O2.C6H12O2/c1-12-10(11)8-7-9-5-3-2-4-6-9;7-6(8)4-2-1-3-5-6/h2-6H,7-8H2,1H3;7-8H,1-5H2. The summed E-state index contributed by atoms with van der Waals surface area (Å²) in [7, 11) is 1.41. The van der Waals surface area contributed by atoms with Crippen molar-refractivity contribution in [1.29, 1.82) is 0 Å². The van der Waals surface area contributed by atoms with E-state index in [1.165, 1.54) is 12.7 Å². The highest BCUT2D eigenvalue weighted by atomic mass is 16.5. The molecule has 1 aliphatic carbocycles. The number of hydrogen-bond acceptors (Lipinski definition) is 4. The minimum atomic E-state index is -1.32. The Morgan fingerprint density at radius 2 is 1.75 bits per heavy atom. The van der Waals surface area contributed by atoms with Gasteiger partial charge < -0.3 is 14.9 Å². The number of aryl methyl sites for hydroxylation is 1. The Balaban J connectivity index is 0.000000217. The van der Waals surface area contributed by atoms with Gasteiger partial charge in [-0.05, 0) is 24.8 Å². The Morgan fingerprint density at radius 3 is 2.20 bits per heavy atom. The lowest BCUT2D eigenvalue weighted by atomic mass is 9.95. The molecule has 0 spiro atoms. The molecule has 2 N–H and O–H groups in total. The van der Waals surface area contributed by atoms with Gasteiger partial charge in [0, 0.05) is 19.3 Å². The summed E-state index contributed by atoms with van der Waals surface area (Å²) in [5, 5.41) is 17.9. The molecule has 0 heterocycles. The van der Waals surface area contributed by atoms with E-state index in [2.05, 4.69) is 4.74 Å². The fourth-order valence-electron chi connectivity index (χ4n) is 2.11. The summed E-state index contributed by atoms with van der Waals surface area (Å²) in [5.41, 5.74) is 1.17. The second kappa shape index (κ2) is 8.72. The molecule has 112 valence electrons. The van der Waals surface area contributed by atoms with Crippen LogP contribution < -0.4 is 0 Å². The van der Waals surface area contributed by atoms with Crippen LogP contribution >= 0.6 is 0 Å². The van der Waals surface area contributed by atoms with Gasteiger partial charge in [0.15, 0.2) is 5.79 Å². The minimum absolute atomic E-state index is 0.154. The van der Waals surface area contributed by atoms with Crippen LogP contribution in [-0.4, -0.2) is 29.1 Å². The monoisotopic (exact) mass is 280 g/mol. The highest BCUT2D eigenvalue weighted by Gasteiger charge is 2.24. The lowest BCUT2D eigenvalue weighted by Crippen LogP contribution is -2.30. The third-order valence-electron chi connectivity index (χ3n) is 3.34. The molecule has 1 fully saturated rings. The van der Waals surface area contributed by atoms with Gasteiger partial charge in [-0.15, -0.1) is 0 Å². The van der Waals surface area contributed by atoms with Crippen LogP contribution in [0.25, 0.3) is 0 Å². The molecule has 0 amide bonds. The molecule has 4 heteroatoms. The first-order chi connectivity index (χ1) is 9.53. The molecular formula is C16H24O4. The number of ether oxygens (including phenoxy) is 1. The maximum absolute atomic E-state index is 10.8. The summed E-state index contributed by atoms with van der Waals surface area (Å²) in [6, 6.07) is 9.90. The largest absolute Gasteiger partial charge is 0.469 e. The molecule has 1 saturated carbocycles. The fraction of sp³-hybridized carbons (Fsp3) is 0.562. The summed E-state index contributed by atoms with van der Waals surface area (Å²) in [5.74, 6) is -1.48. The molecule has 1 aromatic carbocycles. The van der Waals surface area contributed by atoms with Crippen LogP contribution in [0, 0.1) is 0 Å².